The van der Waals surface area contributed by atoms with E-state index >= 15 is 0 Å². The van der Waals surface area contributed by atoms with E-state index in [0.29, 0.717) is 13.2 Å². The molecule has 222 valence electrons. The van der Waals surface area contributed by atoms with Gasteiger partial charge in [0.15, 0.2) is 0 Å². The van der Waals surface area contributed by atoms with Crippen molar-refractivity contribution in [3.8, 4) is 0 Å². The molecule has 0 saturated carbocycles. The van der Waals surface area contributed by atoms with Gasteiger partial charge in [0.05, 0.1) is 5.92 Å². The number of hydrogen-bond acceptors (Lipinski definition) is 4. The molecule has 1 amide bonds. The van der Waals surface area contributed by atoms with Crippen LogP contribution in [0.3, 0.4) is 0 Å². The van der Waals surface area contributed by atoms with Crippen LogP contribution in [-0.2, 0) is 19.0 Å². The first kappa shape index (κ1) is 32.8. The summed E-state index contributed by atoms with van der Waals surface area (Å²) in [7, 11) is -2.21. The number of rotatable bonds is 7. The fourth-order valence-corrected chi connectivity index (χ4v) is 7.42. The van der Waals surface area contributed by atoms with E-state index in [1.54, 1.807) is 0 Å². The van der Waals surface area contributed by atoms with Gasteiger partial charge in [-0.15, -0.1) is 0 Å². The molecule has 1 fully saturated rings. The van der Waals surface area contributed by atoms with Crippen LogP contribution in [-0.4, -0.2) is 53.6 Å². The second-order valence-electron chi connectivity index (χ2n) is 15.0. The molecule has 0 bridgehead atoms. The highest BCUT2D eigenvalue weighted by molar-refractivity contribution is 6.48. The van der Waals surface area contributed by atoms with Crippen molar-refractivity contribution < 1.29 is 18.4 Å². The molecular formula is C33H53NO4Si2. The Morgan fingerprint density at radius 2 is 1.52 bits per heavy atom. The Bertz CT molecular complexity index is 1180. The summed E-state index contributed by atoms with van der Waals surface area (Å²) in [4.78, 5) is 16.0. The van der Waals surface area contributed by atoms with E-state index in [2.05, 4.69) is 104 Å². The van der Waals surface area contributed by atoms with Crippen LogP contribution in [0.2, 0.25) is 26.2 Å². The highest BCUT2D eigenvalue weighted by Crippen LogP contribution is 2.51. The molecule has 40 heavy (non-hydrogen) atoms. The van der Waals surface area contributed by atoms with Gasteiger partial charge in [-0.3, -0.25) is 4.90 Å². The Hall–Kier alpha value is -1.68. The number of likely N-dealkylation sites (tertiary alicyclic amines) is 1. The van der Waals surface area contributed by atoms with Crippen LogP contribution in [0, 0.1) is 11.3 Å². The molecule has 5 nitrogen and oxygen atoms in total. The van der Waals surface area contributed by atoms with Gasteiger partial charge in [0, 0.05) is 19.6 Å². The van der Waals surface area contributed by atoms with E-state index in [9.17, 15) is 4.79 Å². The van der Waals surface area contributed by atoms with Crippen molar-refractivity contribution in [3.05, 3.63) is 47.5 Å². The van der Waals surface area contributed by atoms with Crippen molar-refractivity contribution >= 4 is 34.9 Å². The first-order valence-electron chi connectivity index (χ1n) is 14.7. The second-order valence-corrected chi connectivity index (χ2v) is 19.1. The summed E-state index contributed by atoms with van der Waals surface area (Å²) in [5.41, 5.74) is 1.01. The molecule has 0 N–H and O–H groups in total. The number of nitrogens with zero attached hydrogens (tertiary/aromatic N) is 1. The molecule has 2 radical (unpaired) electrons. The lowest BCUT2D eigenvalue weighted by atomic mass is 9.75. The Balaban J connectivity index is 2.35. The highest BCUT2D eigenvalue weighted by Gasteiger charge is 2.57. The number of ether oxygens (including phenoxy) is 1. The van der Waals surface area contributed by atoms with E-state index in [1.807, 2.05) is 25.7 Å². The molecule has 1 heterocycles. The quantitative estimate of drug-likeness (QED) is 0.306. The molecule has 7 heteroatoms. The summed E-state index contributed by atoms with van der Waals surface area (Å²) in [6.45, 7) is 29.1. The molecule has 0 aliphatic carbocycles. The van der Waals surface area contributed by atoms with E-state index < -0.39 is 29.4 Å². The van der Waals surface area contributed by atoms with Crippen LogP contribution in [0.15, 0.2) is 36.4 Å². The third kappa shape index (κ3) is 7.39. The molecule has 0 aromatic heterocycles. The molecule has 1 aliphatic rings. The Morgan fingerprint density at radius 3 is 2.02 bits per heavy atom. The molecule has 1 unspecified atom stereocenters. The topological polar surface area (TPSA) is 48.0 Å². The van der Waals surface area contributed by atoms with Crippen molar-refractivity contribution in [1.82, 2.24) is 4.90 Å². The number of benzene rings is 2. The Labute approximate surface area is 247 Å². The molecule has 1 aliphatic heterocycles. The third-order valence-electron chi connectivity index (χ3n) is 7.84. The van der Waals surface area contributed by atoms with Crippen molar-refractivity contribution in [1.29, 1.82) is 0 Å². The monoisotopic (exact) mass is 583 g/mol. The van der Waals surface area contributed by atoms with Crippen molar-refractivity contribution in [3.63, 3.8) is 0 Å². The van der Waals surface area contributed by atoms with Crippen molar-refractivity contribution in [2.45, 2.75) is 118 Å². The first-order chi connectivity index (χ1) is 18.3. The van der Waals surface area contributed by atoms with Crippen LogP contribution < -0.4 is 0 Å². The zero-order valence-electron chi connectivity index (χ0n) is 27.3. The van der Waals surface area contributed by atoms with Gasteiger partial charge in [-0.05, 0) is 85.6 Å². The van der Waals surface area contributed by atoms with Gasteiger partial charge in [-0.2, -0.15) is 0 Å². The van der Waals surface area contributed by atoms with Crippen LogP contribution in [0.4, 0.5) is 4.79 Å². The smallest absolute Gasteiger partial charge is 0.412 e. The molecule has 3 rings (SSSR count). The maximum atomic E-state index is 14.1. The van der Waals surface area contributed by atoms with E-state index in [4.69, 9.17) is 13.6 Å². The maximum absolute atomic E-state index is 14.1. The summed E-state index contributed by atoms with van der Waals surface area (Å²) in [6, 6.07) is 13.2. The average molecular weight is 584 g/mol. The normalized spacial score (nSPS) is 21.5. The molecule has 3 atom stereocenters. The third-order valence-corrected chi connectivity index (χ3v) is 9.35. The van der Waals surface area contributed by atoms with Crippen LogP contribution >= 0.6 is 0 Å². The van der Waals surface area contributed by atoms with E-state index in [0.717, 1.165) is 6.42 Å². The minimum absolute atomic E-state index is 0.00242. The minimum Gasteiger partial charge on any atom is -0.444 e. The first-order valence-corrected chi connectivity index (χ1v) is 19.5. The number of carbonyl (C=O) groups is 1. The lowest BCUT2D eigenvalue weighted by molar-refractivity contribution is -0.0916. The van der Waals surface area contributed by atoms with Gasteiger partial charge in [0.2, 0.25) is 18.1 Å². The van der Waals surface area contributed by atoms with Crippen molar-refractivity contribution in [2.75, 3.05) is 13.2 Å². The summed E-state index contributed by atoms with van der Waals surface area (Å²) in [5.74, 6) is 0.0723. The fourth-order valence-electron chi connectivity index (χ4n) is 5.87. The number of fused-ring (bicyclic) bond motifs is 1. The second kappa shape index (κ2) is 11.9. The molecule has 2 aromatic carbocycles. The molecular weight excluding hydrogens is 531 g/mol. The lowest BCUT2D eigenvalue weighted by Gasteiger charge is -2.46. The Kier molecular flexibility index (Phi) is 9.77. The fraction of sp³-hybridized carbons (Fsp3) is 0.667. The molecule has 2 aromatic rings. The van der Waals surface area contributed by atoms with Gasteiger partial charge in [0.1, 0.15) is 11.3 Å². The van der Waals surface area contributed by atoms with E-state index in [-0.39, 0.29) is 28.8 Å². The summed E-state index contributed by atoms with van der Waals surface area (Å²) >= 11 is 0. The van der Waals surface area contributed by atoms with Crippen LogP contribution in [0.5, 0.6) is 0 Å². The van der Waals surface area contributed by atoms with E-state index in [1.165, 1.54) is 21.9 Å². The predicted octanol–water partition coefficient (Wildman–Crippen LogP) is 8.76. The van der Waals surface area contributed by atoms with Gasteiger partial charge < -0.3 is 13.6 Å². The van der Waals surface area contributed by atoms with Crippen LogP contribution in [0.25, 0.3) is 10.8 Å². The van der Waals surface area contributed by atoms with Gasteiger partial charge in [0.25, 0.3) is 0 Å². The summed E-state index contributed by atoms with van der Waals surface area (Å²) in [5, 5.41) is 2.45. The maximum Gasteiger partial charge on any atom is 0.412 e. The molecule has 1 saturated heterocycles. The largest absolute Gasteiger partial charge is 0.444 e. The van der Waals surface area contributed by atoms with Gasteiger partial charge in [-0.1, -0.05) is 77.9 Å². The SMILES string of the molecule is C[Si](C)OCC(c1ccc(C(C)(C)C)c2ccccc12)[C@]1(O[Si](C)C)C[C@H](C(C)(C)C)CN1C(=O)OC(C)(C)C. The summed E-state index contributed by atoms with van der Waals surface area (Å²) < 4.78 is 19.7. The summed E-state index contributed by atoms with van der Waals surface area (Å²) in [6.07, 6.45) is 0.437. The average Bonchev–Trinajstić information content (AvgIpc) is 3.17. The zero-order valence-corrected chi connectivity index (χ0v) is 29.3. The Morgan fingerprint density at radius 1 is 0.925 bits per heavy atom. The number of carbonyl (C=O) groups excluding carboxylic acids is 1. The van der Waals surface area contributed by atoms with Crippen molar-refractivity contribution in [2.24, 2.45) is 11.3 Å². The van der Waals surface area contributed by atoms with Gasteiger partial charge in [-0.25, -0.2) is 4.79 Å². The van der Waals surface area contributed by atoms with Gasteiger partial charge >= 0.3 is 6.09 Å². The lowest BCUT2D eigenvalue weighted by Crippen LogP contribution is -2.57. The highest BCUT2D eigenvalue weighted by atomic mass is 28.3. The zero-order chi connectivity index (χ0) is 30.3. The van der Waals surface area contributed by atoms with Crippen LogP contribution in [0.1, 0.15) is 85.8 Å². The minimum atomic E-state index is -1.22. The number of amides is 1. The molecule has 0 spiro atoms. The standard InChI is InChI=1S/C33H53NO4Si2/c1-30(2,3)23-20-33(38-40(12)13,34(21-23)29(35)37-32(7,8)9)28(22-36-39(10)11)26-18-19-27(31(4,5)6)25-17-15-14-16-24(25)26/h14-19,23,28H,20-22H2,1-13H3/t23-,28?,33+/m0/s1. The predicted molar refractivity (Wildman–Crippen MR) is 171 cm³/mol. The number of hydrogen-bond donors (Lipinski definition) is 0.